The molecule has 8 heteroatoms. The highest BCUT2D eigenvalue weighted by Crippen LogP contribution is 2.21. The summed E-state index contributed by atoms with van der Waals surface area (Å²) in [5, 5.41) is 13.0. The molecule has 1 aromatic rings. The van der Waals surface area contributed by atoms with Gasteiger partial charge < -0.3 is 19.6 Å². The van der Waals surface area contributed by atoms with Crippen LogP contribution in [-0.2, 0) is 16.0 Å². The Morgan fingerprint density at radius 2 is 1.76 bits per heavy atom. The minimum atomic E-state index is -0.120. The van der Waals surface area contributed by atoms with Crippen LogP contribution in [0.1, 0.15) is 86.3 Å². The van der Waals surface area contributed by atoms with Crippen molar-refractivity contribution in [1.29, 1.82) is 0 Å². The van der Waals surface area contributed by atoms with Gasteiger partial charge in [0.2, 0.25) is 5.71 Å². The Kier molecular flexibility index (Phi) is 31.8. The second-order valence-electron chi connectivity index (χ2n) is 8.89. The maximum atomic E-state index is 11.3. The maximum Gasteiger partial charge on any atom is 0.241 e. The number of carbonyl (C=O) groups is 1. The minimum absolute atomic E-state index is 0.120. The highest BCUT2D eigenvalue weighted by molar-refractivity contribution is 6.04. The quantitative estimate of drug-likeness (QED) is 0.0741. The molecule has 2 rings (SSSR count). The lowest BCUT2D eigenvalue weighted by Gasteiger charge is -2.26. The number of hydrogen-bond acceptors (Lipinski definition) is 6. The molecule has 0 amide bonds. The van der Waals surface area contributed by atoms with E-state index in [1.54, 1.807) is 14.0 Å². The molecule has 1 saturated heterocycles. The normalized spacial score (nSPS) is 13.7. The fourth-order valence-corrected chi connectivity index (χ4v) is 3.15. The number of rotatable bonds is 11. The monoisotopic (exact) mass is 582 g/mol. The van der Waals surface area contributed by atoms with Crippen LogP contribution < -0.4 is 10.1 Å². The maximum absolute atomic E-state index is 11.3. The van der Waals surface area contributed by atoms with E-state index in [1.165, 1.54) is 13.0 Å². The predicted octanol–water partition coefficient (Wildman–Crippen LogP) is 6.86. The number of aryl methyl sites for hydroxylation is 1. The number of nitrogens with zero attached hydrogens (tertiary/aromatic N) is 2. The predicted molar refractivity (Wildman–Crippen MR) is 173 cm³/mol. The molecule has 1 fully saturated rings. The topological polar surface area (TPSA) is 74.0 Å². The molecule has 2 N–H and O–H groups in total. The van der Waals surface area contributed by atoms with Crippen molar-refractivity contribution < 1.29 is 28.6 Å². The van der Waals surface area contributed by atoms with E-state index in [0.717, 1.165) is 73.6 Å². The van der Waals surface area contributed by atoms with Gasteiger partial charge in [-0.25, -0.2) is 4.39 Å². The zero-order chi connectivity index (χ0) is 32.1. The van der Waals surface area contributed by atoms with Crippen molar-refractivity contribution in [3.63, 3.8) is 0 Å². The third-order valence-electron chi connectivity index (χ3n) is 5.63. The Bertz CT molecular complexity index is 841. The molecule has 0 aromatic heterocycles. The largest absolute Gasteiger partial charge is 0.492 e. The molecular formula is C33H61FN3O4+. The van der Waals surface area contributed by atoms with Crippen LogP contribution in [0.5, 0.6) is 5.75 Å². The van der Waals surface area contributed by atoms with Crippen LogP contribution >= 0.6 is 0 Å². The fourth-order valence-electron chi connectivity index (χ4n) is 3.15. The first-order valence-corrected chi connectivity index (χ1v) is 15.0. The van der Waals surface area contributed by atoms with Gasteiger partial charge in [-0.3, -0.25) is 10.1 Å². The van der Waals surface area contributed by atoms with E-state index in [0.29, 0.717) is 18.4 Å². The Morgan fingerprint density at radius 1 is 1.20 bits per heavy atom. The highest BCUT2D eigenvalue weighted by Gasteiger charge is 2.19. The van der Waals surface area contributed by atoms with Gasteiger partial charge >= 0.3 is 0 Å². The summed E-state index contributed by atoms with van der Waals surface area (Å²) >= 11 is 0. The number of hydrogen-bond donors (Lipinski definition) is 2. The van der Waals surface area contributed by atoms with Gasteiger partial charge in [-0.15, -0.1) is 0 Å². The molecule has 0 unspecified atom stereocenters. The summed E-state index contributed by atoms with van der Waals surface area (Å²) in [6.45, 7) is 22.2. The van der Waals surface area contributed by atoms with Crippen LogP contribution in [0, 0.1) is 0 Å². The summed E-state index contributed by atoms with van der Waals surface area (Å²) < 4.78 is 23.6. The number of aldehydes is 1. The van der Waals surface area contributed by atoms with Gasteiger partial charge in [0.25, 0.3) is 0 Å². The number of carbonyl (C=O) groups excluding carboxylic acids is 1. The van der Waals surface area contributed by atoms with Gasteiger partial charge in [0.15, 0.2) is 7.05 Å². The molecule has 0 atom stereocenters. The van der Waals surface area contributed by atoms with E-state index in [4.69, 9.17) is 9.47 Å². The van der Waals surface area contributed by atoms with Crippen LogP contribution in [-0.4, -0.2) is 86.4 Å². The summed E-state index contributed by atoms with van der Waals surface area (Å²) in [4.78, 5) is 13.4. The number of morpholine rings is 1. The van der Waals surface area contributed by atoms with E-state index in [-0.39, 0.29) is 12.2 Å². The van der Waals surface area contributed by atoms with Gasteiger partial charge in [0.05, 0.1) is 31.0 Å². The van der Waals surface area contributed by atoms with E-state index >= 15 is 0 Å². The summed E-state index contributed by atoms with van der Waals surface area (Å²) in [5.41, 5.74) is 2.53. The number of allylic oxidation sites excluding steroid dienone is 4. The second kappa shape index (κ2) is 30.4. The first-order chi connectivity index (χ1) is 19.7. The lowest BCUT2D eigenvalue weighted by molar-refractivity contribution is -0.754. The van der Waals surface area contributed by atoms with E-state index < -0.39 is 0 Å². The van der Waals surface area contributed by atoms with Crippen molar-refractivity contribution in [3.05, 3.63) is 53.4 Å². The number of benzene rings is 1. The van der Waals surface area contributed by atoms with Gasteiger partial charge in [-0.2, -0.15) is 0 Å². The Labute approximate surface area is 251 Å². The number of hydroxylamine groups is 1. The number of nitrogens with one attached hydrogen (secondary N) is 1. The third-order valence-corrected chi connectivity index (χ3v) is 5.63. The van der Waals surface area contributed by atoms with Crippen molar-refractivity contribution in [2.45, 2.75) is 87.6 Å². The molecule has 1 aromatic carbocycles. The molecule has 0 saturated carbocycles. The second-order valence-corrected chi connectivity index (χ2v) is 8.89. The lowest BCUT2D eigenvalue weighted by atomic mass is 9.97. The van der Waals surface area contributed by atoms with Crippen LogP contribution in [0.25, 0.3) is 0 Å². The number of halogens is 1. The fraction of sp³-hybridized carbons (Fsp3) is 0.636. The van der Waals surface area contributed by atoms with Crippen LogP contribution in [0.15, 0.2) is 42.3 Å². The van der Waals surface area contributed by atoms with E-state index in [1.807, 2.05) is 65.9 Å². The zero-order valence-corrected chi connectivity index (χ0v) is 27.9. The first kappa shape index (κ1) is 42.9. The molecule has 238 valence electrons. The highest BCUT2D eigenvalue weighted by atomic mass is 19.1. The van der Waals surface area contributed by atoms with Gasteiger partial charge in [0, 0.05) is 25.7 Å². The van der Waals surface area contributed by atoms with Crippen molar-refractivity contribution in [1.82, 2.24) is 10.2 Å². The Hall–Kier alpha value is -2.55. The van der Waals surface area contributed by atoms with Crippen molar-refractivity contribution in [2.75, 3.05) is 53.6 Å². The van der Waals surface area contributed by atoms with Crippen molar-refractivity contribution in [3.8, 4) is 5.75 Å². The average molecular weight is 583 g/mol. The summed E-state index contributed by atoms with van der Waals surface area (Å²) in [6, 6.07) is 6.55. The molecule has 7 nitrogen and oxygen atoms in total. The van der Waals surface area contributed by atoms with E-state index in [9.17, 15) is 14.4 Å². The third kappa shape index (κ3) is 23.8. The minimum Gasteiger partial charge on any atom is -0.492 e. The smallest absolute Gasteiger partial charge is 0.241 e. The first-order valence-electron chi connectivity index (χ1n) is 15.0. The lowest BCUT2D eigenvalue weighted by Crippen LogP contribution is -2.38. The molecule has 0 radical (unpaired) electrons. The zero-order valence-electron chi connectivity index (χ0n) is 27.9. The molecule has 1 aliphatic rings. The molecule has 0 spiro atoms. The van der Waals surface area contributed by atoms with E-state index in [2.05, 4.69) is 30.1 Å². The van der Waals surface area contributed by atoms with Crippen LogP contribution in [0.3, 0.4) is 0 Å². The van der Waals surface area contributed by atoms with Crippen LogP contribution in [0.2, 0.25) is 0 Å². The summed E-state index contributed by atoms with van der Waals surface area (Å²) in [5.74, 6) is 0.628. The summed E-state index contributed by atoms with van der Waals surface area (Å²) in [7, 11) is 3.49. The molecule has 0 bridgehead atoms. The molecule has 0 aliphatic carbocycles. The van der Waals surface area contributed by atoms with Gasteiger partial charge in [-0.1, -0.05) is 65.8 Å². The Morgan fingerprint density at radius 3 is 2.20 bits per heavy atom. The average Bonchev–Trinajstić information content (AvgIpc) is 2.99. The Balaban J connectivity index is -0.000000864. The van der Waals surface area contributed by atoms with Crippen molar-refractivity contribution in [2.24, 2.45) is 0 Å². The molecule has 1 heterocycles. The molecule has 1 aliphatic heterocycles. The standard InChI is InChI=1S/C21H31N2O4.C4H7F.C4H11N.2C2H6/c1-3-4-5-6-18-7-8-19(17-20(18)21(9-13-24)22(2)25)27-16-12-23-10-14-26-15-11-23;1-3-4(2)5;1-4(2)5-3;2*1-2/h3-4,7-8,13,17,25H,5-6,9-12,14-16H2,1-2H3;3H,1-2H3;4-5H,1-3H3;2*1-2H3/q+1;;;;/b4-3-,22-21-;4-3+;;;. The van der Waals surface area contributed by atoms with Gasteiger partial charge in [-0.05, 0) is 63.1 Å². The number of ether oxygens (including phenoxy) is 2. The van der Waals surface area contributed by atoms with Crippen LogP contribution in [0.4, 0.5) is 4.39 Å². The van der Waals surface area contributed by atoms with Gasteiger partial charge in [0.1, 0.15) is 18.6 Å². The molecular weight excluding hydrogens is 521 g/mol. The SMILES string of the molecule is C/C=C(\C)F.C/C=C\CCc1ccc(OCCN2CCOCC2)cc1/C(CC=O)=[N+](/C)O.CC.CC.CNC(C)C. The molecule has 41 heavy (non-hydrogen) atoms. The summed E-state index contributed by atoms with van der Waals surface area (Å²) in [6.07, 6.45) is 8.26. The van der Waals surface area contributed by atoms with Crippen molar-refractivity contribution >= 4 is 12.0 Å².